The van der Waals surface area contributed by atoms with Crippen molar-refractivity contribution >= 4 is 17.8 Å². The van der Waals surface area contributed by atoms with E-state index in [1.807, 2.05) is 6.07 Å². The molecule has 0 amide bonds. The van der Waals surface area contributed by atoms with Crippen LogP contribution in [0.5, 0.6) is 5.75 Å². The highest BCUT2D eigenvalue weighted by Crippen LogP contribution is 2.28. The fraction of sp³-hybridized carbons (Fsp3) is 0. The van der Waals surface area contributed by atoms with E-state index >= 15 is 0 Å². The smallest absolute Gasteiger partial charge is 0.203 e. The Hall–Kier alpha value is -2.15. The first kappa shape index (κ1) is 8.45. The molecule has 4 N–H and O–H groups in total. The predicted molar refractivity (Wildman–Crippen MR) is 51.1 cm³/mol. The van der Waals surface area contributed by atoms with Gasteiger partial charge in [-0.25, -0.2) is 0 Å². The van der Waals surface area contributed by atoms with E-state index in [-0.39, 0.29) is 0 Å². The van der Waals surface area contributed by atoms with Crippen LogP contribution in [-0.2, 0) is 0 Å². The van der Waals surface area contributed by atoms with Gasteiger partial charge < -0.3 is 15.6 Å². The van der Waals surface area contributed by atoms with Crippen LogP contribution in [0.4, 0.5) is 11.4 Å². The van der Waals surface area contributed by atoms with Gasteiger partial charge in [-0.15, -0.1) is 10.6 Å². The number of ether oxygens (including phenoxy) is 1. The molecule has 14 heavy (non-hydrogen) atoms. The molecule has 1 aliphatic heterocycles. The van der Waals surface area contributed by atoms with Crippen LogP contribution in [0.1, 0.15) is 0 Å². The lowest BCUT2D eigenvalue weighted by atomic mass is 10.2. The first-order valence-corrected chi connectivity index (χ1v) is 3.86. The maximum absolute atomic E-state index is 6.41. The average Bonchev–Trinajstić information content (AvgIpc) is 2.65. The third-order valence-corrected chi connectivity index (χ3v) is 1.68. The highest BCUT2D eigenvalue weighted by atomic mass is 16.5. The Bertz CT molecular complexity index is 376. The molecule has 0 radical (unpaired) electrons. The summed E-state index contributed by atoms with van der Waals surface area (Å²) >= 11 is 0. The quantitative estimate of drug-likeness (QED) is 0.251. The summed E-state index contributed by atoms with van der Waals surface area (Å²) in [5.74, 6) is 0.620. The molecule has 0 aliphatic carbocycles. The molecule has 1 aliphatic rings. The van der Waals surface area contributed by atoms with Gasteiger partial charge in [0, 0.05) is 6.07 Å². The second-order valence-electron chi connectivity index (χ2n) is 2.52. The summed E-state index contributed by atoms with van der Waals surface area (Å²) in [5.41, 5.74) is 16.8. The first-order valence-electron chi connectivity index (χ1n) is 3.86. The van der Waals surface area contributed by atoms with E-state index < -0.39 is 0 Å². The number of nitrogens with one attached hydrogen (secondary N) is 4. The first-order chi connectivity index (χ1) is 6.90. The molecule has 2 rings (SSSR count). The molecule has 0 aromatic heterocycles. The summed E-state index contributed by atoms with van der Waals surface area (Å²) in [5, 5.41) is 6.03. The topological polar surface area (TPSA) is 93.9 Å². The van der Waals surface area contributed by atoms with Crippen molar-refractivity contribution in [3.63, 3.8) is 0 Å². The molecule has 1 aromatic carbocycles. The van der Waals surface area contributed by atoms with Gasteiger partial charge in [0.25, 0.3) is 0 Å². The Labute approximate surface area is 79.6 Å². The van der Waals surface area contributed by atoms with Crippen LogP contribution in [-0.4, -0.2) is 6.40 Å². The minimum absolute atomic E-state index is 0.620. The number of anilines is 2. The summed E-state index contributed by atoms with van der Waals surface area (Å²) in [6.07, 6.45) is 1.10. The van der Waals surface area contributed by atoms with Gasteiger partial charge in [-0.2, -0.15) is 5.53 Å². The van der Waals surface area contributed by atoms with Crippen LogP contribution in [0.15, 0.2) is 28.5 Å². The van der Waals surface area contributed by atoms with E-state index in [0.717, 1.165) is 17.8 Å². The summed E-state index contributed by atoms with van der Waals surface area (Å²) in [7, 11) is 0. The predicted octanol–water partition coefficient (Wildman–Crippen LogP) is 1.30. The van der Waals surface area contributed by atoms with E-state index in [1.165, 1.54) is 0 Å². The average molecular weight is 192 g/mol. The highest BCUT2D eigenvalue weighted by molar-refractivity contribution is 5.73. The molecule has 0 spiro atoms. The van der Waals surface area contributed by atoms with Crippen LogP contribution in [0.2, 0.25) is 0 Å². The lowest BCUT2D eigenvalue weighted by Crippen LogP contribution is -2.19. The molecule has 0 unspecified atom stereocenters. The van der Waals surface area contributed by atoms with Gasteiger partial charge in [0.1, 0.15) is 5.75 Å². The summed E-state index contributed by atoms with van der Waals surface area (Å²) in [4.78, 5) is 0. The Morgan fingerprint density at radius 1 is 1.29 bits per heavy atom. The number of hydrazine groups is 2. The zero-order chi connectivity index (χ0) is 9.80. The van der Waals surface area contributed by atoms with Gasteiger partial charge in [-0.1, -0.05) is 0 Å². The number of fused-ring (bicyclic) bond motifs is 1. The normalized spacial score (nSPS) is 13.1. The van der Waals surface area contributed by atoms with E-state index in [1.54, 1.807) is 12.1 Å². The summed E-state index contributed by atoms with van der Waals surface area (Å²) in [6.45, 7) is 0. The number of hydrogen-bond donors (Lipinski definition) is 4. The van der Waals surface area contributed by atoms with Crippen LogP contribution in [0.25, 0.3) is 0 Å². The molecule has 7 heteroatoms. The highest BCUT2D eigenvalue weighted by Gasteiger charge is 2.08. The largest absolute Gasteiger partial charge is 0.444 e. The van der Waals surface area contributed by atoms with Crippen LogP contribution < -0.4 is 21.1 Å². The second kappa shape index (κ2) is 3.71. The van der Waals surface area contributed by atoms with Crippen molar-refractivity contribution < 1.29 is 4.74 Å². The monoisotopic (exact) mass is 192 g/mol. The third-order valence-electron chi connectivity index (χ3n) is 1.68. The van der Waals surface area contributed by atoms with Crippen molar-refractivity contribution in [2.24, 2.45) is 10.3 Å². The van der Waals surface area contributed by atoms with Crippen molar-refractivity contribution in [1.82, 2.24) is 5.53 Å². The molecule has 0 bridgehead atoms. The van der Waals surface area contributed by atoms with E-state index in [2.05, 4.69) is 26.7 Å². The van der Waals surface area contributed by atoms with Gasteiger partial charge in [-0.05, 0) is 17.4 Å². The van der Waals surface area contributed by atoms with Crippen LogP contribution >= 0.6 is 0 Å². The van der Waals surface area contributed by atoms with Crippen molar-refractivity contribution in [2.75, 3.05) is 10.9 Å². The lowest BCUT2D eigenvalue weighted by Gasteiger charge is -2.00. The summed E-state index contributed by atoms with van der Waals surface area (Å²) in [6, 6.07) is 5.41. The Morgan fingerprint density at radius 2 is 2.14 bits per heavy atom. The van der Waals surface area contributed by atoms with E-state index in [4.69, 9.17) is 10.3 Å². The van der Waals surface area contributed by atoms with Gasteiger partial charge >= 0.3 is 0 Å². The molecule has 0 fully saturated rings. The lowest BCUT2D eigenvalue weighted by molar-refractivity contribution is 0.570. The number of benzene rings is 1. The third kappa shape index (κ3) is 1.62. The molecule has 1 aromatic rings. The number of hydrogen-bond acceptors (Lipinski definition) is 6. The van der Waals surface area contributed by atoms with Crippen molar-refractivity contribution in [3.05, 3.63) is 18.2 Å². The molecular weight excluding hydrogens is 184 g/mol. The fourth-order valence-corrected chi connectivity index (χ4v) is 1.08. The van der Waals surface area contributed by atoms with E-state index in [0.29, 0.717) is 5.75 Å². The standard InChI is InChI=1S/C7H8N6O/c8-12-9-4-14-5-1-2-6-7(3-5)11-13-10-6/h1-4,8,10-11,13H/b9-4+,12-8?. The summed E-state index contributed by atoms with van der Waals surface area (Å²) < 4.78 is 5.07. The van der Waals surface area contributed by atoms with Crippen LogP contribution in [0.3, 0.4) is 0 Å². The maximum Gasteiger partial charge on any atom is 0.203 e. The SMILES string of the molecule is N=N/N=C/Oc1ccc2c(c1)NNN2. The van der Waals surface area contributed by atoms with Gasteiger partial charge in [0.2, 0.25) is 6.40 Å². The zero-order valence-corrected chi connectivity index (χ0v) is 7.11. The number of nitrogens with zero attached hydrogens (tertiary/aromatic N) is 2. The molecular formula is C7H8N6O. The molecule has 0 atom stereocenters. The molecule has 1 heterocycles. The Balaban J connectivity index is 2.12. The Kier molecular flexibility index (Phi) is 2.24. The fourth-order valence-electron chi connectivity index (χ4n) is 1.08. The van der Waals surface area contributed by atoms with Gasteiger partial charge in [-0.3, -0.25) is 0 Å². The Morgan fingerprint density at radius 3 is 3.00 bits per heavy atom. The molecule has 72 valence electrons. The number of rotatable bonds is 3. The van der Waals surface area contributed by atoms with Crippen molar-refractivity contribution in [2.45, 2.75) is 0 Å². The second-order valence-corrected chi connectivity index (χ2v) is 2.52. The minimum Gasteiger partial charge on any atom is -0.444 e. The van der Waals surface area contributed by atoms with E-state index in [9.17, 15) is 0 Å². The molecule has 0 saturated heterocycles. The molecule has 0 saturated carbocycles. The van der Waals surface area contributed by atoms with Crippen molar-refractivity contribution in [3.8, 4) is 5.75 Å². The molecule has 7 nitrogen and oxygen atoms in total. The zero-order valence-electron chi connectivity index (χ0n) is 7.11. The van der Waals surface area contributed by atoms with Gasteiger partial charge in [0.05, 0.1) is 11.4 Å². The van der Waals surface area contributed by atoms with Crippen molar-refractivity contribution in [1.29, 1.82) is 5.53 Å². The maximum atomic E-state index is 6.41. The van der Waals surface area contributed by atoms with Gasteiger partial charge in [0.15, 0.2) is 0 Å². The van der Waals surface area contributed by atoms with Crippen LogP contribution in [0, 0.1) is 5.53 Å². The minimum atomic E-state index is 0.620.